The molecule has 9 heteroatoms. The van der Waals surface area contributed by atoms with Crippen LogP contribution >= 0.6 is 11.6 Å². The monoisotopic (exact) mass is 473 g/mol. The summed E-state index contributed by atoms with van der Waals surface area (Å²) in [5, 5.41) is 7.48. The van der Waals surface area contributed by atoms with Crippen molar-refractivity contribution < 1.29 is 18.7 Å². The molecule has 0 aliphatic rings. The van der Waals surface area contributed by atoms with E-state index >= 15 is 0 Å². The highest BCUT2D eigenvalue weighted by molar-refractivity contribution is 6.33. The molecular weight excluding hydrogens is 449 g/mol. The van der Waals surface area contributed by atoms with Crippen LogP contribution in [0.4, 0.5) is 10.1 Å². The molecule has 0 aliphatic carbocycles. The number of amides is 1. The van der Waals surface area contributed by atoms with Gasteiger partial charge in [-0.1, -0.05) is 56.0 Å². The van der Waals surface area contributed by atoms with Crippen LogP contribution in [-0.4, -0.2) is 27.8 Å². The van der Waals surface area contributed by atoms with Crippen molar-refractivity contribution in [3.05, 3.63) is 69.4 Å². The predicted octanol–water partition coefficient (Wildman–Crippen LogP) is 4.95. The number of fused-ring (bicyclic) bond motifs is 1. The minimum atomic E-state index is -1.19. The molecule has 1 unspecified atom stereocenters. The van der Waals surface area contributed by atoms with E-state index in [4.69, 9.17) is 16.3 Å². The fourth-order valence-corrected chi connectivity index (χ4v) is 3.54. The standard InChI is InChI=1S/C24H25ClFN3O4/c1-3-4-5-8-13-29-23(31)18-10-7-6-9-17(18)21(28-29)24(32)33-15(2)22(30)27-20-12-11-16(26)14-19(20)25/h6-7,9-12,14-15H,3-5,8,13H2,1-2H3,(H,27,30). The lowest BCUT2D eigenvalue weighted by Crippen LogP contribution is -2.32. The van der Waals surface area contributed by atoms with Crippen molar-refractivity contribution >= 4 is 39.9 Å². The SMILES string of the molecule is CCCCCCn1nc(C(=O)OC(C)C(=O)Nc2ccc(F)cc2Cl)c2ccccc2c1=O. The van der Waals surface area contributed by atoms with Crippen LogP contribution in [-0.2, 0) is 16.1 Å². The quantitative estimate of drug-likeness (QED) is 0.350. The molecule has 7 nitrogen and oxygen atoms in total. The Morgan fingerprint density at radius 2 is 1.88 bits per heavy atom. The Morgan fingerprint density at radius 3 is 2.58 bits per heavy atom. The van der Waals surface area contributed by atoms with Gasteiger partial charge in [0.05, 0.1) is 16.1 Å². The topological polar surface area (TPSA) is 90.3 Å². The number of nitrogens with zero attached hydrogens (tertiary/aromatic N) is 2. The van der Waals surface area contributed by atoms with Gasteiger partial charge in [0.15, 0.2) is 11.8 Å². The first-order chi connectivity index (χ1) is 15.8. The normalized spacial score (nSPS) is 11.9. The number of carbonyl (C=O) groups excluding carboxylic acids is 2. The zero-order chi connectivity index (χ0) is 24.0. The van der Waals surface area contributed by atoms with E-state index < -0.39 is 23.8 Å². The smallest absolute Gasteiger partial charge is 0.360 e. The van der Waals surface area contributed by atoms with Crippen molar-refractivity contribution in [2.75, 3.05) is 5.32 Å². The molecule has 0 bridgehead atoms. The second-order valence-corrected chi connectivity index (χ2v) is 8.05. The molecule has 1 heterocycles. The minimum Gasteiger partial charge on any atom is -0.448 e. The van der Waals surface area contributed by atoms with E-state index in [1.807, 2.05) is 0 Å². The Hall–Kier alpha value is -3.26. The maximum Gasteiger partial charge on any atom is 0.360 e. The van der Waals surface area contributed by atoms with Crippen LogP contribution in [0.1, 0.15) is 50.0 Å². The summed E-state index contributed by atoms with van der Waals surface area (Å²) in [4.78, 5) is 38.2. The van der Waals surface area contributed by atoms with Gasteiger partial charge in [0.25, 0.3) is 11.5 Å². The fourth-order valence-electron chi connectivity index (χ4n) is 3.32. The number of nitrogens with one attached hydrogen (secondary N) is 1. The Balaban J connectivity index is 1.81. The summed E-state index contributed by atoms with van der Waals surface area (Å²) in [5.74, 6) is -2.02. The lowest BCUT2D eigenvalue weighted by molar-refractivity contribution is -0.123. The Morgan fingerprint density at radius 1 is 1.15 bits per heavy atom. The molecule has 0 saturated heterocycles. The first kappa shape index (κ1) is 24.4. The van der Waals surface area contributed by atoms with E-state index in [9.17, 15) is 18.8 Å². The summed E-state index contributed by atoms with van der Waals surface area (Å²) >= 11 is 5.93. The van der Waals surface area contributed by atoms with Crippen LogP contribution in [0.2, 0.25) is 5.02 Å². The number of esters is 1. The number of hydrogen-bond acceptors (Lipinski definition) is 5. The molecule has 0 spiro atoms. The van der Waals surface area contributed by atoms with E-state index in [0.717, 1.165) is 37.8 Å². The summed E-state index contributed by atoms with van der Waals surface area (Å²) in [6.45, 7) is 3.87. The van der Waals surface area contributed by atoms with Crippen molar-refractivity contribution in [1.82, 2.24) is 9.78 Å². The Labute approximate surface area is 195 Å². The van der Waals surface area contributed by atoms with Crippen LogP contribution < -0.4 is 10.9 Å². The average Bonchev–Trinajstić information content (AvgIpc) is 2.79. The van der Waals surface area contributed by atoms with Crippen LogP contribution in [0.25, 0.3) is 10.8 Å². The predicted molar refractivity (Wildman–Crippen MR) is 125 cm³/mol. The zero-order valence-corrected chi connectivity index (χ0v) is 19.2. The number of aryl methyl sites for hydroxylation is 1. The van der Waals surface area contributed by atoms with Gasteiger partial charge < -0.3 is 10.1 Å². The summed E-state index contributed by atoms with van der Waals surface area (Å²) < 4.78 is 19.8. The van der Waals surface area contributed by atoms with Gasteiger partial charge in [-0.05, 0) is 37.6 Å². The van der Waals surface area contributed by atoms with Crippen LogP contribution in [0.5, 0.6) is 0 Å². The van der Waals surface area contributed by atoms with Gasteiger partial charge in [0.2, 0.25) is 0 Å². The average molecular weight is 474 g/mol. The van der Waals surface area contributed by atoms with Crippen LogP contribution in [0.3, 0.4) is 0 Å². The third-order valence-electron chi connectivity index (χ3n) is 5.13. The molecule has 1 N–H and O–H groups in total. The zero-order valence-electron chi connectivity index (χ0n) is 18.4. The van der Waals surface area contributed by atoms with Crippen molar-refractivity contribution in [1.29, 1.82) is 0 Å². The van der Waals surface area contributed by atoms with Crippen molar-refractivity contribution in [3.63, 3.8) is 0 Å². The van der Waals surface area contributed by atoms with Crippen LogP contribution in [0.15, 0.2) is 47.3 Å². The molecule has 2 aromatic carbocycles. The number of benzene rings is 2. The third-order valence-corrected chi connectivity index (χ3v) is 5.44. The second-order valence-electron chi connectivity index (χ2n) is 7.64. The molecule has 3 rings (SSSR count). The molecule has 1 aromatic heterocycles. The molecule has 174 valence electrons. The molecule has 1 atom stereocenters. The summed E-state index contributed by atoms with van der Waals surface area (Å²) in [6, 6.07) is 10.2. The molecular formula is C24H25ClFN3O4. The first-order valence-corrected chi connectivity index (χ1v) is 11.2. The van der Waals surface area contributed by atoms with Gasteiger partial charge in [-0.15, -0.1) is 0 Å². The molecule has 3 aromatic rings. The van der Waals surface area contributed by atoms with E-state index in [1.54, 1.807) is 24.3 Å². The van der Waals surface area contributed by atoms with Gasteiger partial charge in [-0.2, -0.15) is 5.10 Å². The summed E-state index contributed by atoms with van der Waals surface area (Å²) in [7, 11) is 0. The van der Waals surface area contributed by atoms with Gasteiger partial charge in [-0.3, -0.25) is 9.59 Å². The maximum atomic E-state index is 13.2. The lowest BCUT2D eigenvalue weighted by atomic mass is 10.1. The van der Waals surface area contributed by atoms with E-state index in [0.29, 0.717) is 17.3 Å². The van der Waals surface area contributed by atoms with E-state index in [1.165, 1.54) is 17.7 Å². The number of halogens is 2. The molecule has 0 aliphatic heterocycles. The van der Waals surface area contributed by atoms with Crippen molar-refractivity contribution in [3.8, 4) is 0 Å². The molecule has 0 saturated carbocycles. The lowest BCUT2D eigenvalue weighted by Gasteiger charge is -2.15. The van der Waals surface area contributed by atoms with Crippen LogP contribution in [0, 0.1) is 5.82 Å². The highest BCUT2D eigenvalue weighted by Gasteiger charge is 2.24. The molecule has 1 amide bonds. The fraction of sp³-hybridized carbons (Fsp3) is 0.333. The van der Waals surface area contributed by atoms with Gasteiger partial charge in [0, 0.05) is 11.9 Å². The molecule has 33 heavy (non-hydrogen) atoms. The van der Waals surface area contributed by atoms with Gasteiger partial charge in [-0.25, -0.2) is 13.9 Å². The van der Waals surface area contributed by atoms with E-state index in [2.05, 4.69) is 17.3 Å². The molecule has 0 radical (unpaired) electrons. The Bertz CT molecular complexity index is 1230. The van der Waals surface area contributed by atoms with Crippen molar-refractivity contribution in [2.24, 2.45) is 0 Å². The highest BCUT2D eigenvalue weighted by atomic mass is 35.5. The number of ether oxygens (including phenoxy) is 1. The first-order valence-electron chi connectivity index (χ1n) is 10.8. The number of unbranched alkanes of at least 4 members (excludes halogenated alkanes) is 3. The number of carbonyl (C=O) groups is 2. The minimum absolute atomic E-state index is 0.0182. The summed E-state index contributed by atoms with van der Waals surface area (Å²) in [6.07, 6.45) is 2.61. The third kappa shape index (κ3) is 5.96. The van der Waals surface area contributed by atoms with Crippen molar-refractivity contribution in [2.45, 2.75) is 52.2 Å². The number of aromatic nitrogens is 2. The van der Waals surface area contributed by atoms with Gasteiger partial charge >= 0.3 is 5.97 Å². The van der Waals surface area contributed by atoms with E-state index in [-0.39, 0.29) is 22.0 Å². The maximum absolute atomic E-state index is 13.2. The summed E-state index contributed by atoms with van der Waals surface area (Å²) in [5.41, 5.74) is -0.134. The highest BCUT2D eigenvalue weighted by Crippen LogP contribution is 2.23. The number of anilines is 1. The number of hydrogen-bond donors (Lipinski definition) is 1. The second kappa shape index (κ2) is 11.0. The molecule has 0 fully saturated rings. The number of rotatable bonds is 9. The largest absolute Gasteiger partial charge is 0.448 e. The Kier molecular flexibility index (Phi) is 8.16. The van der Waals surface area contributed by atoms with Gasteiger partial charge in [0.1, 0.15) is 5.82 Å².